The van der Waals surface area contributed by atoms with Gasteiger partial charge in [0, 0.05) is 19.3 Å². The van der Waals surface area contributed by atoms with Crippen LogP contribution in [-0.2, 0) is 16.6 Å². The van der Waals surface area contributed by atoms with E-state index < -0.39 is 5.60 Å². The molecule has 0 fully saturated rings. The minimum atomic E-state index is -0.436. The molecule has 0 aromatic carbocycles. The molecule has 1 N–H and O–H groups in total. The predicted octanol–water partition coefficient (Wildman–Crippen LogP) is 1.41. The number of carbonyl (C=O) groups is 1. The van der Waals surface area contributed by atoms with E-state index in [1.54, 1.807) is 10.9 Å². The first kappa shape index (κ1) is 13.7. The molecule has 0 bridgehead atoms. The molecule has 0 saturated heterocycles. The third-order valence-corrected chi connectivity index (χ3v) is 2.28. The number of aromatic nitrogens is 2. The molecule has 0 radical (unpaired) electrons. The van der Waals surface area contributed by atoms with Gasteiger partial charge < -0.3 is 4.74 Å². The van der Waals surface area contributed by atoms with Crippen molar-refractivity contribution < 1.29 is 9.53 Å². The second-order valence-corrected chi connectivity index (χ2v) is 5.07. The van der Waals surface area contributed by atoms with Gasteiger partial charge in [-0.1, -0.05) is 0 Å². The van der Waals surface area contributed by atoms with Crippen molar-refractivity contribution >= 4 is 5.97 Å². The Balaban J connectivity index is 2.41. The monoisotopic (exact) mass is 239 g/mol. The van der Waals surface area contributed by atoms with Gasteiger partial charge in [0.15, 0.2) is 0 Å². The summed E-state index contributed by atoms with van der Waals surface area (Å²) in [5, 5.41) is 7.20. The van der Waals surface area contributed by atoms with Crippen LogP contribution in [0.25, 0.3) is 0 Å². The SMILES string of the molecule is CC(NCC(=O)OC(C)(C)C)c1ccnn1C. The summed E-state index contributed by atoms with van der Waals surface area (Å²) in [6.45, 7) is 7.76. The lowest BCUT2D eigenvalue weighted by molar-refractivity contribution is -0.153. The van der Waals surface area contributed by atoms with Crippen molar-refractivity contribution in [1.82, 2.24) is 15.1 Å². The highest BCUT2D eigenvalue weighted by molar-refractivity contribution is 5.72. The summed E-state index contributed by atoms with van der Waals surface area (Å²) < 4.78 is 7.00. The van der Waals surface area contributed by atoms with Crippen LogP contribution in [0.5, 0.6) is 0 Å². The number of esters is 1. The van der Waals surface area contributed by atoms with Crippen molar-refractivity contribution in [1.29, 1.82) is 0 Å². The normalized spacial score (nSPS) is 13.5. The number of nitrogens with zero attached hydrogens (tertiary/aromatic N) is 2. The summed E-state index contributed by atoms with van der Waals surface area (Å²) in [4.78, 5) is 11.5. The number of hydrogen-bond acceptors (Lipinski definition) is 4. The number of rotatable bonds is 4. The van der Waals surface area contributed by atoms with E-state index in [1.807, 2.05) is 40.8 Å². The molecule has 96 valence electrons. The molecule has 1 aromatic heterocycles. The molecule has 0 aliphatic rings. The Labute approximate surface area is 102 Å². The minimum absolute atomic E-state index is 0.0648. The van der Waals surface area contributed by atoms with E-state index in [0.29, 0.717) is 0 Å². The Morgan fingerprint density at radius 2 is 2.24 bits per heavy atom. The molecule has 5 heteroatoms. The molecule has 1 atom stereocenters. The lowest BCUT2D eigenvalue weighted by Gasteiger charge is -2.20. The number of carbonyl (C=O) groups excluding carboxylic acids is 1. The zero-order valence-electron chi connectivity index (χ0n) is 11.2. The zero-order valence-corrected chi connectivity index (χ0v) is 11.2. The Bertz CT molecular complexity index is 379. The Kier molecular flexibility index (Phi) is 4.28. The fourth-order valence-electron chi connectivity index (χ4n) is 1.53. The molecule has 5 nitrogen and oxygen atoms in total. The molecule has 1 unspecified atom stereocenters. The van der Waals surface area contributed by atoms with E-state index in [4.69, 9.17) is 4.74 Å². The van der Waals surface area contributed by atoms with Crippen LogP contribution in [0.2, 0.25) is 0 Å². The quantitative estimate of drug-likeness (QED) is 0.807. The third kappa shape index (κ3) is 4.56. The molecule has 0 amide bonds. The van der Waals surface area contributed by atoms with E-state index in [9.17, 15) is 4.79 Å². The van der Waals surface area contributed by atoms with Crippen LogP contribution in [0.1, 0.15) is 39.4 Å². The lowest BCUT2D eigenvalue weighted by atomic mass is 10.2. The van der Waals surface area contributed by atoms with E-state index >= 15 is 0 Å². The van der Waals surface area contributed by atoms with E-state index in [0.717, 1.165) is 5.69 Å². The predicted molar refractivity (Wildman–Crippen MR) is 65.5 cm³/mol. The van der Waals surface area contributed by atoms with Crippen LogP contribution in [0.3, 0.4) is 0 Å². The molecular weight excluding hydrogens is 218 g/mol. The van der Waals surface area contributed by atoms with Crippen molar-refractivity contribution in [3.05, 3.63) is 18.0 Å². The average molecular weight is 239 g/mol. The topological polar surface area (TPSA) is 56.1 Å². The fourth-order valence-corrected chi connectivity index (χ4v) is 1.53. The maximum absolute atomic E-state index is 11.5. The zero-order chi connectivity index (χ0) is 13.1. The summed E-state index contributed by atoms with van der Waals surface area (Å²) in [5.74, 6) is -0.244. The van der Waals surface area contributed by atoms with E-state index in [2.05, 4.69) is 10.4 Å². The second-order valence-electron chi connectivity index (χ2n) is 5.07. The highest BCUT2D eigenvalue weighted by atomic mass is 16.6. The molecular formula is C12H21N3O2. The van der Waals surface area contributed by atoms with Gasteiger partial charge >= 0.3 is 5.97 Å². The molecule has 1 aromatic rings. The highest BCUT2D eigenvalue weighted by Crippen LogP contribution is 2.10. The van der Waals surface area contributed by atoms with Crippen LogP contribution in [-0.4, -0.2) is 27.9 Å². The van der Waals surface area contributed by atoms with Crippen LogP contribution >= 0.6 is 0 Å². The van der Waals surface area contributed by atoms with Gasteiger partial charge in [0.1, 0.15) is 5.60 Å². The van der Waals surface area contributed by atoms with Crippen molar-refractivity contribution in [3.8, 4) is 0 Å². The fraction of sp³-hybridized carbons (Fsp3) is 0.667. The lowest BCUT2D eigenvalue weighted by Crippen LogP contribution is -2.33. The largest absolute Gasteiger partial charge is 0.459 e. The Hall–Kier alpha value is -1.36. The van der Waals surface area contributed by atoms with Gasteiger partial charge in [-0.25, -0.2) is 0 Å². The number of aryl methyl sites for hydroxylation is 1. The molecule has 17 heavy (non-hydrogen) atoms. The van der Waals surface area contributed by atoms with E-state index in [1.165, 1.54) is 0 Å². The maximum atomic E-state index is 11.5. The summed E-state index contributed by atoms with van der Waals surface area (Å²) >= 11 is 0. The highest BCUT2D eigenvalue weighted by Gasteiger charge is 2.17. The van der Waals surface area contributed by atoms with Crippen LogP contribution in [0.4, 0.5) is 0 Å². The smallest absolute Gasteiger partial charge is 0.320 e. The molecule has 0 aliphatic heterocycles. The summed E-state index contributed by atoms with van der Waals surface area (Å²) in [7, 11) is 1.88. The molecule has 0 spiro atoms. The van der Waals surface area contributed by atoms with Crippen molar-refractivity contribution in [2.75, 3.05) is 6.54 Å². The van der Waals surface area contributed by atoms with Crippen molar-refractivity contribution in [2.24, 2.45) is 7.05 Å². The third-order valence-electron chi connectivity index (χ3n) is 2.28. The van der Waals surface area contributed by atoms with Crippen molar-refractivity contribution in [2.45, 2.75) is 39.3 Å². The number of ether oxygens (including phenoxy) is 1. The summed E-state index contributed by atoms with van der Waals surface area (Å²) in [6, 6.07) is 1.99. The van der Waals surface area contributed by atoms with Gasteiger partial charge in [0.25, 0.3) is 0 Å². The number of nitrogens with one attached hydrogen (secondary N) is 1. The van der Waals surface area contributed by atoms with Gasteiger partial charge in [0.05, 0.1) is 12.2 Å². The molecule has 1 rings (SSSR count). The minimum Gasteiger partial charge on any atom is -0.459 e. The second kappa shape index (κ2) is 5.31. The molecule has 0 aliphatic carbocycles. The van der Waals surface area contributed by atoms with Crippen LogP contribution in [0, 0.1) is 0 Å². The van der Waals surface area contributed by atoms with Crippen LogP contribution in [0.15, 0.2) is 12.3 Å². The Morgan fingerprint density at radius 1 is 1.59 bits per heavy atom. The van der Waals surface area contributed by atoms with Gasteiger partial charge in [-0.3, -0.25) is 14.8 Å². The van der Waals surface area contributed by atoms with Gasteiger partial charge in [-0.15, -0.1) is 0 Å². The standard InChI is InChI=1S/C12H21N3O2/c1-9(10-6-7-14-15(10)5)13-8-11(16)17-12(2,3)4/h6-7,9,13H,8H2,1-5H3. The first-order valence-corrected chi connectivity index (χ1v) is 5.73. The average Bonchev–Trinajstić information content (AvgIpc) is 2.58. The first-order chi connectivity index (χ1) is 7.79. The summed E-state index contributed by atoms with van der Waals surface area (Å²) in [5.41, 5.74) is 0.600. The Morgan fingerprint density at radius 3 is 2.71 bits per heavy atom. The van der Waals surface area contributed by atoms with Gasteiger partial charge in [-0.05, 0) is 33.8 Å². The van der Waals surface area contributed by atoms with Gasteiger partial charge in [-0.2, -0.15) is 5.10 Å². The first-order valence-electron chi connectivity index (χ1n) is 5.73. The molecule has 1 heterocycles. The van der Waals surface area contributed by atoms with E-state index in [-0.39, 0.29) is 18.6 Å². The maximum Gasteiger partial charge on any atom is 0.320 e. The van der Waals surface area contributed by atoms with Crippen molar-refractivity contribution in [3.63, 3.8) is 0 Å². The van der Waals surface area contributed by atoms with Crippen LogP contribution < -0.4 is 5.32 Å². The van der Waals surface area contributed by atoms with Gasteiger partial charge in [0.2, 0.25) is 0 Å². The molecule has 0 saturated carbocycles. The number of hydrogen-bond donors (Lipinski definition) is 1. The summed E-state index contributed by atoms with van der Waals surface area (Å²) in [6.07, 6.45) is 1.74.